The number of hydrogen-bond donors (Lipinski definition) is 0. The topological polar surface area (TPSA) is 80.6 Å². The lowest BCUT2D eigenvalue weighted by molar-refractivity contribution is -0.143. The van der Waals surface area contributed by atoms with Crippen LogP contribution < -0.4 is 0 Å². The molecule has 1 unspecified atom stereocenters. The van der Waals surface area contributed by atoms with Crippen LogP contribution in [-0.4, -0.2) is 69.7 Å². The number of aromatic nitrogens is 3. The number of carbonyl (C=O) groups is 2. The molecule has 0 aliphatic heterocycles. The van der Waals surface area contributed by atoms with Gasteiger partial charge in [-0.2, -0.15) is 18.3 Å². The number of rotatable bonds is 12. The third kappa shape index (κ3) is 8.63. The quantitative estimate of drug-likeness (QED) is 0.206. The lowest BCUT2D eigenvalue weighted by Gasteiger charge is -2.33. The molecule has 0 N–H and O–H groups in total. The standard InChI is InChI=1S/C33H34F3N5O3/c1-39(20-21-44-3)32(43)30(22-29-16-19-40(2)38-29)41(23-25-4-9-26(10-5-25)27-14-17-37-18-15-27)31(42)13-8-24-6-11-28(12-7-24)33(34,35)36/h4-19,30H,20-23H2,1-3H3. The number of alkyl halides is 3. The third-order valence-electron chi connectivity index (χ3n) is 7.10. The summed E-state index contributed by atoms with van der Waals surface area (Å²) in [5.41, 5.74) is 3.01. The Balaban J connectivity index is 1.67. The van der Waals surface area contributed by atoms with Gasteiger partial charge in [0, 0.05) is 65.4 Å². The second kappa shape index (κ2) is 14.6. The zero-order chi connectivity index (χ0) is 31.7. The Morgan fingerprint density at radius 3 is 2.23 bits per heavy atom. The fraction of sp³-hybridized carbons (Fsp3) is 0.273. The monoisotopic (exact) mass is 605 g/mol. The lowest BCUT2D eigenvalue weighted by atomic mass is 10.0. The summed E-state index contributed by atoms with van der Waals surface area (Å²) >= 11 is 0. The Morgan fingerprint density at radius 2 is 1.64 bits per heavy atom. The zero-order valence-corrected chi connectivity index (χ0v) is 24.7. The van der Waals surface area contributed by atoms with Gasteiger partial charge in [-0.25, -0.2) is 0 Å². The maximum absolute atomic E-state index is 13.8. The van der Waals surface area contributed by atoms with E-state index in [-0.39, 0.29) is 18.9 Å². The summed E-state index contributed by atoms with van der Waals surface area (Å²) in [5, 5.41) is 4.44. The first kappa shape index (κ1) is 32.2. The molecule has 2 amide bonds. The van der Waals surface area contributed by atoms with E-state index in [1.54, 1.807) is 50.5 Å². The van der Waals surface area contributed by atoms with Gasteiger partial charge in [0.2, 0.25) is 11.8 Å². The van der Waals surface area contributed by atoms with E-state index in [2.05, 4.69) is 10.1 Å². The van der Waals surface area contributed by atoms with Gasteiger partial charge in [0.25, 0.3) is 0 Å². The maximum atomic E-state index is 13.8. The SMILES string of the molecule is COCCN(C)C(=O)C(Cc1ccn(C)n1)N(Cc1ccc(-c2ccncc2)cc1)C(=O)C=Cc1ccc(C(F)(F)F)cc1. The van der Waals surface area contributed by atoms with Crippen LogP contribution in [0.25, 0.3) is 17.2 Å². The van der Waals surface area contributed by atoms with Gasteiger partial charge < -0.3 is 14.5 Å². The molecular weight excluding hydrogens is 571 g/mol. The highest BCUT2D eigenvalue weighted by molar-refractivity contribution is 5.95. The molecule has 44 heavy (non-hydrogen) atoms. The maximum Gasteiger partial charge on any atom is 0.416 e. The molecule has 0 aliphatic rings. The average Bonchev–Trinajstić information content (AvgIpc) is 3.44. The van der Waals surface area contributed by atoms with Crippen molar-refractivity contribution in [3.63, 3.8) is 0 Å². The molecule has 0 saturated carbocycles. The van der Waals surface area contributed by atoms with E-state index in [4.69, 9.17) is 4.74 Å². The van der Waals surface area contributed by atoms with E-state index in [0.717, 1.165) is 28.8 Å². The predicted molar refractivity (Wildman–Crippen MR) is 161 cm³/mol. The minimum atomic E-state index is -4.46. The summed E-state index contributed by atoms with van der Waals surface area (Å²) in [7, 11) is 4.96. The zero-order valence-electron chi connectivity index (χ0n) is 24.7. The van der Waals surface area contributed by atoms with Crippen LogP contribution in [0.1, 0.15) is 22.4 Å². The van der Waals surface area contributed by atoms with Crippen LogP contribution in [0.2, 0.25) is 0 Å². The number of likely N-dealkylation sites (N-methyl/N-ethyl adjacent to an activating group) is 1. The predicted octanol–water partition coefficient (Wildman–Crippen LogP) is 5.26. The van der Waals surface area contributed by atoms with Gasteiger partial charge in [0.1, 0.15) is 6.04 Å². The van der Waals surface area contributed by atoms with Crippen molar-refractivity contribution in [3.8, 4) is 11.1 Å². The number of aryl methyl sites for hydroxylation is 1. The van der Waals surface area contributed by atoms with Crippen molar-refractivity contribution in [2.75, 3.05) is 27.3 Å². The summed E-state index contributed by atoms with van der Waals surface area (Å²) in [5.74, 6) is -0.769. The first-order chi connectivity index (χ1) is 21.0. The summed E-state index contributed by atoms with van der Waals surface area (Å²) < 4.78 is 45.9. The highest BCUT2D eigenvalue weighted by atomic mass is 19.4. The number of hydrogen-bond acceptors (Lipinski definition) is 5. The summed E-state index contributed by atoms with van der Waals surface area (Å²) in [6.07, 6.45) is 3.60. The molecule has 2 heterocycles. The first-order valence-corrected chi connectivity index (χ1v) is 13.9. The van der Waals surface area contributed by atoms with Gasteiger partial charge in [-0.05, 0) is 58.7 Å². The van der Waals surface area contributed by atoms with Gasteiger partial charge in [0.15, 0.2) is 0 Å². The van der Waals surface area contributed by atoms with Crippen LogP contribution in [0.4, 0.5) is 13.2 Å². The Morgan fingerprint density at radius 1 is 0.977 bits per heavy atom. The van der Waals surface area contributed by atoms with Crippen LogP contribution in [0.5, 0.6) is 0 Å². The van der Waals surface area contributed by atoms with E-state index in [1.165, 1.54) is 34.1 Å². The second-order valence-corrected chi connectivity index (χ2v) is 10.3. The van der Waals surface area contributed by atoms with Crippen molar-refractivity contribution in [1.29, 1.82) is 0 Å². The summed E-state index contributed by atoms with van der Waals surface area (Å²) in [6.45, 7) is 0.739. The van der Waals surface area contributed by atoms with Crippen molar-refractivity contribution in [2.45, 2.75) is 25.2 Å². The Kier molecular flexibility index (Phi) is 10.7. The number of carbonyl (C=O) groups excluding carboxylic acids is 2. The number of ether oxygens (including phenoxy) is 1. The number of benzene rings is 2. The van der Waals surface area contributed by atoms with Gasteiger partial charge in [-0.15, -0.1) is 0 Å². The molecule has 0 aliphatic carbocycles. The fourth-order valence-electron chi connectivity index (χ4n) is 4.63. The number of nitrogens with zero attached hydrogens (tertiary/aromatic N) is 5. The smallest absolute Gasteiger partial charge is 0.383 e. The summed E-state index contributed by atoms with van der Waals surface area (Å²) in [4.78, 5) is 34.7. The average molecular weight is 606 g/mol. The molecular formula is C33H34F3N5O3. The van der Waals surface area contributed by atoms with Crippen molar-refractivity contribution in [1.82, 2.24) is 24.6 Å². The van der Waals surface area contributed by atoms with Crippen LogP contribution in [0, 0.1) is 0 Å². The summed E-state index contributed by atoms with van der Waals surface area (Å²) in [6, 6.07) is 16.8. The number of amides is 2. The third-order valence-corrected chi connectivity index (χ3v) is 7.10. The molecule has 0 fully saturated rings. The number of halogens is 3. The lowest BCUT2D eigenvalue weighted by Crippen LogP contribution is -2.51. The van der Waals surface area contributed by atoms with Crippen LogP contribution in [0.15, 0.2) is 91.4 Å². The Hall–Kier alpha value is -4.77. The van der Waals surface area contributed by atoms with E-state index < -0.39 is 23.7 Å². The van der Waals surface area contributed by atoms with E-state index in [9.17, 15) is 22.8 Å². The molecule has 0 bridgehead atoms. The van der Waals surface area contributed by atoms with Crippen LogP contribution in [-0.2, 0) is 40.5 Å². The van der Waals surface area contributed by atoms with Crippen LogP contribution >= 0.6 is 0 Å². The van der Waals surface area contributed by atoms with Gasteiger partial charge in [-0.1, -0.05) is 36.4 Å². The molecule has 8 nitrogen and oxygen atoms in total. The first-order valence-electron chi connectivity index (χ1n) is 13.9. The van der Waals surface area contributed by atoms with E-state index in [1.807, 2.05) is 36.4 Å². The number of pyridine rings is 1. The highest BCUT2D eigenvalue weighted by Crippen LogP contribution is 2.29. The van der Waals surface area contributed by atoms with E-state index >= 15 is 0 Å². The minimum absolute atomic E-state index is 0.105. The van der Waals surface area contributed by atoms with Crippen LogP contribution in [0.3, 0.4) is 0 Å². The van der Waals surface area contributed by atoms with Crippen molar-refractivity contribution < 1.29 is 27.5 Å². The largest absolute Gasteiger partial charge is 0.416 e. The van der Waals surface area contributed by atoms with Gasteiger partial charge in [0.05, 0.1) is 17.9 Å². The molecule has 230 valence electrons. The fourth-order valence-corrected chi connectivity index (χ4v) is 4.63. The highest BCUT2D eigenvalue weighted by Gasteiger charge is 2.32. The Labute approximate surface area is 254 Å². The molecule has 2 aromatic heterocycles. The molecule has 1 atom stereocenters. The normalized spacial score (nSPS) is 12.3. The molecule has 2 aromatic carbocycles. The van der Waals surface area contributed by atoms with Crippen molar-refractivity contribution in [3.05, 3.63) is 114 Å². The molecule has 0 radical (unpaired) electrons. The molecule has 4 aromatic rings. The second-order valence-electron chi connectivity index (χ2n) is 10.3. The molecule has 0 saturated heterocycles. The van der Waals surface area contributed by atoms with Gasteiger partial charge >= 0.3 is 6.18 Å². The minimum Gasteiger partial charge on any atom is -0.383 e. The van der Waals surface area contributed by atoms with Gasteiger partial charge in [-0.3, -0.25) is 19.3 Å². The molecule has 11 heteroatoms. The molecule has 4 rings (SSSR count). The van der Waals surface area contributed by atoms with Crippen molar-refractivity contribution in [2.24, 2.45) is 7.05 Å². The Bertz CT molecular complexity index is 1550. The number of methoxy groups -OCH3 is 1. The van der Waals surface area contributed by atoms with Crippen molar-refractivity contribution >= 4 is 17.9 Å². The molecule has 0 spiro atoms. The van der Waals surface area contributed by atoms with E-state index in [0.29, 0.717) is 24.4 Å².